The summed E-state index contributed by atoms with van der Waals surface area (Å²) in [4.78, 5) is 28.0. The van der Waals surface area contributed by atoms with Gasteiger partial charge in [-0.15, -0.1) is 0 Å². The van der Waals surface area contributed by atoms with Crippen LogP contribution in [0.25, 0.3) is 17.0 Å². The Morgan fingerprint density at radius 2 is 2.13 bits per heavy atom. The molecule has 2 aromatic heterocycles. The van der Waals surface area contributed by atoms with E-state index in [2.05, 4.69) is 4.98 Å². The molecule has 0 fully saturated rings. The van der Waals surface area contributed by atoms with Gasteiger partial charge in [0.15, 0.2) is 0 Å². The third-order valence-electron chi connectivity index (χ3n) is 3.23. The molecular formula is C17H14N2O4. The van der Waals surface area contributed by atoms with E-state index < -0.39 is 5.97 Å². The number of benzene rings is 1. The van der Waals surface area contributed by atoms with Gasteiger partial charge in [-0.1, -0.05) is 12.1 Å². The van der Waals surface area contributed by atoms with E-state index in [0.717, 1.165) is 0 Å². The van der Waals surface area contributed by atoms with Crippen LogP contribution in [0.4, 0.5) is 0 Å². The van der Waals surface area contributed by atoms with Crippen LogP contribution in [0.3, 0.4) is 0 Å². The molecule has 0 N–H and O–H groups in total. The minimum absolute atomic E-state index is 0.0846. The van der Waals surface area contributed by atoms with Gasteiger partial charge < -0.3 is 9.15 Å². The number of aromatic nitrogens is 2. The molecule has 0 saturated heterocycles. The summed E-state index contributed by atoms with van der Waals surface area (Å²) in [6.45, 7) is 0.332. The van der Waals surface area contributed by atoms with Crippen LogP contribution in [0.1, 0.15) is 5.76 Å². The highest BCUT2D eigenvalue weighted by molar-refractivity contribution is 5.86. The number of hydrogen-bond acceptors (Lipinski definition) is 5. The van der Waals surface area contributed by atoms with Crippen molar-refractivity contribution < 1.29 is 13.9 Å². The summed E-state index contributed by atoms with van der Waals surface area (Å²) in [7, 11) is 0. The molecule has 23 heavy (non-hydrogen) atoms. The summed E-state index contributed by atoms with van der Waals surface area (Å²) >= 11 is 0. The zero-order valence-corrected chi connectivity index (χ0v) is 12.2. The third-order valence-corrected chi connectivity index (χ3v) is 3.23. The zero-order valence-electron chi connectivity index (χ0n) is 12.2. The summed E-state index contributed by atoms with van der Waals surface area (Å²) in [5, 5.41) is 0.541. The molecule has 116 valence electrons. The molecule has 6 heteroatoms. The lowest BCUT2D eigenvalue weighted by molar-refractivity contribution is -0.137. The molecule has 6 nitrogen and oxygen atoms in total. The van der Waals surface area contributed by atoms with Crippen molar-refractivity contribution in [2.45, 2.75) is 6.54 Å². The first-order valence-corrected chi connectivity index (χ1v) is 7.06. The van der Waals surface area contributed by atoms with Gasteiger partial charge >= 0.3 is 5.97 Å². The van der Waals surface area contributed by atoms with Crippen LogP contribution in [0.5, 0.6) is 0 Å². The lowest BCUT2D eigenvalue weighted by Crippen LogP contribution is -2.23. The van der Waals surface area contributed by atoms with E-state index in [1.54, 1.807) is 30.3 Å². The van der Waals surface area contributed by atoms with Gasteiger partial charge in [-0.25, -0.2) is 9.78 Å². The van der Waals surface area contributed by atoms with Gasteiger partial charge in [0.05, 0.1) is 30.0 Å². The number of hydrogen-bond donors (Lipinski definition) is 0. The Morgan fingerprint density at radius 3 is 2.96 bits per heavy atom. The molecule has 0 aliphatic heterocycles. The molecule has 2 heterocycles. The monoisotopic (exact) mass is 310 g/mol. The van der Waals surface area contributed by atoms with Crippen LogP contribution in [0.15, 0.2) is 64.3 Å². The molecular weight excluding hydrogens is 296 g/mol. The first-order chi connectivity index (χ1) is 11.2. The van der Waals surface area contributed by atoms with E-state index in [4.69, 9.17) is 9.15 Å². The highest BCUT2D eigenvalue weighted by atomic mass is 16.5. The number of rotatable bonds is 5. The van der Waals surface area contributed by atoms with Crippen molar-refractivity contribution in [2.24, 2.45) is 0 Å². The first kappa shape index (κ1) is 14.8. The molecule has 0 spiro atoms. The van der Waals surface area contributed by atoms with Gasteiger partial charge in [-0.05, 0) is 30.3 Å². The van der Waals surface area contributed by atoms with Crippen molar-refractivity contribution in [2.75, 3.05) is 6.61 Å². The third kappa shape index (κ3) is 3.55. The molecule has 0 atom stereocenters. The number of carbonyl (C=O) groups is 1. The molecule has 0 aliphatic rings. The van der Waals surface area contributed by atoms with Crippen LogP contribution in [0, 0.1) is 0 Å². The van der Waals surface area contributed by atoms with Crippen LogP contribution < -0.4 is 5.56 Å². The molecule has 0 bridgehead atoms. The summed E-state index contributed by atoms with van der Waals surface area (Å²) in [6, 6.07) is 10.6. The highest BCUT2D eigenvalue weighted by Crippen LogP contribution is 2.05. The van der Waals surface area contributed by atoms with Gasteiger partial charge in [0.1, 0.15) is 12.4 Å². The van der Waals surface area contributed by atoms with Crippen LogP contribution in [-0.4, -0.2) is 22.1 Å². The standard InChI is InChI=1S/C17H14N2O4/c20-16(8-7-13-4-3-10-22-13)23-11-9-19-12-18-15-6-2-1-5-14(15)17(19)21/h1-8,10,12H,9,11H2. The number of fused-ring (bicyclic) bond motifs is 1. The summed E-state index contributed by atoms with van der Waals surface area (Å²) < 4.78 is 11.5. The second kappa shape index (κ2) is 6.74. The number of para-hydroxylation sites is 1. The molecule has 3 rings (SSSR count). The normalized spacial score (nSPS) is 11.1. The maximum Gasteiger partial charge on any atom is 0.330 e. The van der Waals surface area contributed by atoms with Crippen molar-refractivity contribution in [3.05, 3.63) is 71.2 Å². The number of esters is 1. The number of ether oxygens (including phenoxy) is 1. The van der Waals surface area contributed by atoms with E-state index in [9.17, 15) is 9.59 Å². The largest absolute Gasteiger partial charge is 0.465 e. The van der Waals surface area contributed by atoms with E-state index in [1.165, 1.54) is 29.3 Å². The Kier molecular flexibility index (Phi) is 4.33. The van der Waals surface area contributed by atoms with Gasteiger partial charge in [-0.2, -0.15) is 0 Å². The van der Waals surface area contributed by atoms with E-state index in [0.29, 0.717) is 16.7 Å². The topological polar surface area (TPSA) is 74.3 Å². The van der Waals surface area contributed by atoms with Gasteiger partial charge in [0.2, 0.25) is 0 Å². The Balaban J connectivity index is 1.59. The van der Waals surface area contributed by atoms with Crippen molar-refractivity contribution in [1.29, 1.82) is 0 Å². The fourth-order valence-electron chi connectivity index (χ4n) is 2.09. The second-order valence-corrected chi connectivity index (χ2v) is 4.78. The van der Waals surface area contributed by atoms with Gasteiger partial charge in [-0.3, -0.25) is 9.36 Å². The SMILES string of the molecule is O=C(C=Cc1ccco1)OCCn1cnc2ccccc2c1=O. The minimum Gasteiger partial charge on any atom is -0.465 e. The Morgan fingerprint density at radius 1 is 1.26 bits per heavy atom. The van der Waals surface area contributed by atoms with Crippen molar-refractivity contribution in [1.82, 2.24) is 9.55 Å². The highest BCUT2D eigenvalue weighted by Gasteiger charge is 2.04. The minimum atomic E-state index is -0.497. The predicted octanol–water partition coefficient (Wildman–Crippen LogP) is 2.25. The quantitative estimate of drug-likeness (QED) is 0.534. The van der Waals surface area contributed by atoms with Crippen LogP contribution in [-0.2, 0) is 16.1 Å². The molecule has 0 amide bonds. The average molecular weight is 310 g/mol. The van der Waals surface area contributed by atoms with E-state index >= 15 is 0 Å². The Bertz CT molecular complexity index is 894. The lowest BCUT2D eigenvalue weighted by Gasteiger charge is -2.06. The van der Waals surface area contributed by atoms with Crippen molar-refractivity contribution in [3.63, 3.8) is 0 Å². The Hall–Kier alpha value is -3.15. The molecule has 0 unspecified atom stereocenters. The van der Waals surface area contributed by atoms with E-state index in [-0.39, 0.29) is 18.7 Å². The molecule has 0 saturated carbocycles. The molecule has 3 aromatic rings. The van der Waals surface area contributed by atoms with Crippen LogP contribution >= 0.6 is 0 Å². The van der Waals surface area contributed by atoms with Crippen LogP contribution in [0.2, 0.25) is 0 Å². The zero-order chi connectivity index (χ0) is 16.1. The maximum absolute atomic E-state index is 12.2. The predicted molar refractivity (Wildman–Crippen MR) is 84.7 cm³/mol. The smallest absolute Gasteiger partial charge is 0.330 e. The summed E-state index contributed by atoms with van der Waals surface area (Å²) in [5.74, 6) is 0.0695. The Labute approximate surface area is 131 Å². The van der Waals surface area contributed by atoms with Gasteiger partial charge in [0, 0.05) is 6.08 Å². The summed E-state index contributed by atoms with van der Waals surface area (Å²) in [5.41, 5.74) is 0.491. The number of furan rings is 1. The van der Waals surface area contributed by atoms with E-state index in [1.807, 2.05) is 6.07 Å². The van der Waals surface area contributed by atoms with Crippen molar-refractivity contribution >= 4 is 22.9 Å². The average Bonchev–Trinajstić information content (AvgIpc) is 3.09. The van der Waals surface area contributed by atoms with Gasteiger partial charge in [0.25, 0.3) is 5.56 Å². The molecule has 0 radical (unpaired) electrons. The fraction of sp³-hybridized carbons (Fsp3) is 0.118. The maximum atomic E-state index is 12.2. The molecule has 1 aromatic carbocycles. The number of carbonyl (C=O) groups excluding carboxylic acids is 1. The summed E-state index contributed by atoms with van der Waals surface area (Å²) in [6.07, 6.45) is 5.77. The fourth-order valence-corrected chi connectivity index (χ4v) is 2.09. The second-order valence-electron chi connectivity index (χ2n) is 4.78. The number of nitrogens with zero attached hydrogens (tertiary/aromatic N) is 2. The first-order valence-electron chi connectivity index (χ1n) is 7.06. The van der Waals surface area contributed by atoms with Crippen molar-refractivity contribution in [3.8, 4) is 0 Å². The lowest BCUT2D eigenvalue weighted by atomic mass is 10.2. The molecule has 0 aliphatic carbocycles.